The fourth-order valence-electron chi connectivity index (χ4n) is 7.19. The van der Waals surface area contributed by atoms with Gasteiger partial charge in [-0.15, -0.1) is 0 Å². The fourth-order valence-corrected chi connectivity index (χ4v) is 11.6. The Bertz CT molecular complexity index is 1070. The molecule has 0 atom stereocenters. The van der Waals surface area contributed by atoms with Crippen molar-refractivity contribution in [2.24, 2.45) is 0 Å². The van der Waals surface area contributed by atoms with Crippen LogP contribution >= 0.6 is 19.5 Å². The van der Waals surface area contributed by atoms with Crippen LogP contribution in [0.25, 0.3) is 11.1 Å². The van der Waals surface area contributed by atoms with Crippen molar-refractivity contribution in [2.75, 3.05) is 0 Å². The van der Waals surface area contributed by atoms with Crippen LogP contribution in [-0.4, -0.2) is 11.3 Å². The standard InChI is InChI=1S/C37H54ClP.Pd/c1-8-9-20-31-35(38)22-21-32(36-33(26(4)5)23-28(25(2)3)24-34(36)27(6)7)37(31)39(29-16-12-10-13-17-29)30-18-14-11-15-19-30;/h8-9,21-27,29-30H,10-20H2,1-7H3;/q;+2/b9-8+;. The van der Waals surface area contributed by atoms with E-state index in [4.69, 9.17) is 11.6 Å². The Hall–Kier alpha value is -0.438. The zero-order chi connectivity index (χ0) is 28.1. The first-order chi connectivity index (χ1) is 18.7. The largest absolute Gasteiger partial charge is 2.00 e. The number of hydrogen-bond donors (Lipinski definition) is 0. The van der Waals surface area contributed by atoms with Crippen LogP contribution in [0.3, 0.4) is 0 Å². The normalized spacial score (nSPS) is 17.5. The molecule has 0 heterocycles. The summed E-state index contributed by atoms with van der Waals surface area (Å²) in [5.41, 5.74) is 10.8. The van der Waals surface area contributed by atoms with E-state index in [9.17, 15) is 0 Å². The number of halogens is 1. The van der Waals surface area contributed by atoms with Gasteiger partial charge in [-0.25, -0.2) is 0 Å². The summed E-state index contributed by atoms with van der Waals surface area (Å²) in [6.07, 6.45) is 19.7. The second-order valence-electron chi connectivity index (χ2n) is 13.2. The molecule has 0 radical (unpaired) electrons. The van der Waals surface area contributed by atoms with Gasteiger partial charge in [-0.05, 0) is 113 Å². The fraction of sp³-hybridized carbons (Fsp3) is 0.622. The third-order valence-electron chi connectivity index (χ3n) is 9.38. The van der Waals surface area contributed by atoms with Crippen LogP contribution in [-0.2, 0) is 26.8 Å². The van der Waals surface area contributed by atoms with Crippen LogP contribution < -0.4 is 5.30 Å². The van der Waals surface area contributed by atoms with Crippen molar-refractivity contribution in [3.63, 3.8) is 0 Å². The molecule has 222 valence electrons. The molecule has 2 aromatic rings. The number of allylic oxidation sites excluding steroid dienone is 2. The van der Waals surface area contributed by atoms with E-state index in [-0.39, 0.29) is 28.3 Å². The molecule has 0 saturated heterocycles. The van der Waals surface area contributed by atoms with Gasteiger partial charge in [0.15, 0.2) is 0 Å². The SMILES string of the molecule is C/C=C/Cc1c(Cl)ccc(-c2c(C(C)C)cc(C(C)C)cc2C(C)C)c1P(C1CCCCC1)C1CCCCC1.[Pd+2]. The summed E-state index contributed by atoms with van der Waals surface area (Å²) in [7, 11) is -0.292. The van der Waals surface area contributed by atoms with Crippen molar-refractivity contribution in [1.82, 2.24) is 0 Å². The molecule has 40 heavy (non-hydrogen) atoms. The number of rotatable bonds is 9. The minimum Gasteiger partial charge on any atom is -0.0913 e. The smallest absolute Gasteiger partial charge is 0.0913 e. The number of benzene rings is 2. The summed E-state index contributed by atoms with van der Waals surface area (Å²) in [4.78, 5) is 0. The van der Waals surface area contributed by atoms with Gasteiger partial charge in [0.1, 0.15) is 0 Å². The first-order valence-electron chi connectivity index (χ1n) is 16.1. The molecule has 0 aliphatic heterocycles. The molecule has 0 amide bonds. The molecule has 2 aromatic carbocycles. The molecule has 3 heteroatoms. The summed E-state index contributed by atoms with van der Waals surface area (Å²) in [5.74, 6) is 1.49. The van der Waals surface area contributed by atoms with Crippen molar-refractivity contribution in [2.45, 2.75) is 148 Å². The maximum Gasteiger partial charge on any atom is 2.00 e. The van der Waals surface area contributed by atoms with E-state index >= 15 is 0 Å². The molecule has 0 spiro atoms. The van der Waals surface area contributed by atoms with E-state index in [0.29, 0.717) is 17.8 Å². The van der Waals surface area contributed by atoms with E-state index in [1.54, 1.807) is 5.30 Å². The molecule has 0 nitrogen and oxygen atoms in total. The Kier molecular flexibility index (Phi) is 13.5. The first kappa shape index (κ1) is 34.1. The van der Waals surface area contributed by atoms with Gasteiger partial charge in [0, 0.05) is 5.02 Å². The van der Waals surface area contributed by atoms with E-state index in [1.807, 2.05) is 0 Å². The molecular formula is C37H54ClPPd+2. The molecule has 2 fully saturated rings. The Morgan fingerprint density at radius 3 is 1.70 bits per heavy atom. The first-order valence-corrected chi connectivity index (χ1v) is 18.0. The monoisotopic (exact) mass is 670 g/mol. The molecule has 0 N–H and O–H groups in total. The van der Waals surface area contributed by atoms with E-state index in [1.165, 1.54) is 97.6 Å². The van der Waals surface area contributed by atoms with Crippen molar-refractivity contribution in [1.29, 1.82) is 0 Å². The Balaban J connectivity index is 0.00000441. The Morgan fingerprint density at radius 1 is 0.775 bits per heavy atom. The Morgan fingerprint density at radius 2 is 1.27 bits per heavy atom. The summed E-state index contributed by atoms with van der Waals surface area (Å²) in [5, 5.41) is 2.68. The molecular weight excluding hydrogens is 617 g/mol. The van der Waals surface area contributed by atoms with E-state index in [2.05, 4.69) is 84.9 Å². The molecule has 2 saturated carbocycles. The molecule has 0 unspecified atom stereocenters. The predicted octanol–water partition coefficient (Wildman–Crippen LogP) is 12.3. The van der Waals surface area contributed by atoms with Gasteiger partial charge >= 0.3 is 20.4 Å². The third-order valence-corrected chi connectivity index (χ3v) is 13.4. The molecule has 2 aliphatic carbocycles. The Labute approximate surface area is 266 Å². The maximum atomic E-state index is 7.19. The van der Waals surface area contributed by atoms with Crippen molar-refractivity contribution in [3.05, 3.63) is 63.7 Å². The molecule has 4 rings (SSSR count). The second kappa shape index (κ2) is 15.9. The van der Waals surface area contributed by atoms with E-state index in [0.717, 1.165) is 22.8 Å². The zero-order valence-corrected chi connectivity index (χ0v) is 29.5. The second-order valence-corrected chi connectivity index (χ2v) is 16.4. The van der Waals surface area contributed by atoms with Gasteiger partial charge in [0.05, 0.1) is 0 Å². The topological polar surface area (TPSA) is 0 Å². The minimum atomic E-state index is -0.292. The van der Waals surface area contributed by atoms with Gasteiger partial charge in [-0.2, -0.15) is 0 Å². The van der Waals surface area contributed by atoms with E-state index < -0.39 is 0 Å². The van der Waals surface area contributed by atoms with Gasteiger partial charge < -0.3 is 0 Å². The van der Waals surface area contributed by atoms with Crippen LogP contribution in [0, 0.1) is 0 Å². The average molecular weight is 672 g/mol. The zero-order valence-electron chi connectivity index (χ0n) is 26.3. The van der Waals surface area contributed by atoms with Crippen LogP contribution in [0.15, 0.2) is 36.4 Å². The van der Waals surface area contributed by atoms with Crippen LogP contribution in [0.2, 0.25) is 5.02 Å². The average Bonchev–Trinajstić information content (AvgIpc) is 2.93. The van der Waals surface area contributed by atoms with Gasteiger partial charge in [-0.1, -0.05) is 130 Å². The van der Waals surface area contributed by atoms with Crippen LogP contribution in [0.4, 0.5) is 0 Å². The van der Waals surface area contributed by atoms with Crippen molar-refractivity contribution >= 4 is 24.8 Å². The molecule has 0 aromatic heterocycles. The van der Waals surface area contributed by atoms with Crippen molar-refractivity contribution < 1.29 is 20.4 Å². The van der Waals surface area contributed by atoms with Gasteiger partial charge in [-0.3, -0.25) is 0 Å². The van der Waals surface area contributed by atoms with Crippen LogP contribution in [0.1, 0.15) is 153 Å². The summed E-state index contributed by atoms with van der Waals surface area (Å²) in [6, 6.07) is 9.77. The molecule has 2 aliphatic rings. The number of hydrogen-bond acceptors (Lipinski definition) is 0. The van der Waals surface area contributed by atoms with Gasteiger partial charge in [0.25, 0.3) is 0 Å². The predicted molar refractivity (Wildman–Crippen MR) is 178 cm³/mol. The summed E-state index contributed by atoms with van der Waals surface area (Å²) < 4.78 is 0. The summed E-state index contributed by atoms with van der Waals surface area (Å²) >= 11 is 7.19. The van der Waals surface area contributed by atoms with Gasteiger partial charge in [0.2, 0.25) is 0 Å². The third kappa shape index (κ3) is 7.74. The summed E-state index contributed by atoms with van der Waals surface area (Å²) in [6.45, 7) is 16.4. The maximum absolute atomic E-state index is 7.19. The van der Waals surface area contributed by atoms with Crippen molar-refractivity contribution in [3.8, 4) is 11.1 Å². The minimum absolute atomic E-state index is 0. The van der Waals surface area contributed by atoms with Crippen LogP contribution in [0.5, 0.6) is 0 Å². The molecule has 0 bridgehead atoms. The quantitative estimate of drug-likeness (QED) is 0.141.